The number of benzene rings is 2. The minimum Gasteiger partial charge on any atom is -0.497 e. The summed E-state index contributed by atoms with van der Waals surface area (Å²) in [6.07, 6.45) is 1.77. The zero-order valence-corrected chi connectivity index (χ0v) is 13.9. The molecular formula is C18H20O2Si. The van der Waals surface area contributed by atoms with Gasteiger partial charge in [0.1, 0.15) is 5.75 Å². The Morgan fingerprint density at radius 1 is 1.14 bits per heavy atom. The molecule has 0 saturated heterocycles. The first-order chi connectivity index (χ1) is 10.1. The highest BCUT2D eigenvalue weighted by atomic mass is 28.3. The van der Waals surface area contributed by atoms with Crippen molar-refractivity contribution in [1.29, 1.82) is 0 Å². The predicted molar refractivity (Wildman–Crippen MR) is 91.5 cm³/mol. The Labute approximate surface area is 127 Å². The first-order valence-corrected chi connectivity index (χ1v) is 9.90. The van der Waals surface area contributed by atoms with Gasteiger partial charge in [0.2, 0.25) is 0 Å². The minimum absolute atomic E-state index is 0.0736. The Balaban J connectivity index is 2.44. The predicted octanol–water partition coefficient (Wildman–Crippen LogP) is 3.26. The van der Waals surface area contributed by atoms with Crippen LogP contribution in [0.5, 0.6) is 5.75 Å². The molecule has 0 amide bonds. The molecule has 2 rings (SSSR count). The van der Waals surface area contributed by atoms with Gasteiger partial charge in [0.05, 0.1) is 15.9 Å². The van der Waals surface area contributed by atoms with Crippen LogP contribution in [0.2, 0.25) is 13.1 Å². The molecule has 0 fully saturated rings. The van der Waals surface area contributed by atoms with Crippen molar-refractivity contribution in [3.63, 3.8) is 0 Å². The van der Waals surface area contributed by atoms with Crippen LogP contribution in [0.3, 0.4) is 0 Å². The summed E-state index contributed by atoms with van der Waals surface area (Å²) >= 11 is 0. The second-order valence-electron chi connectivity index (χ2n) is 5.26. The number of rotatable bonds is 5. The maximum Gasteiger partial charge on any atom is 0.192 e. The molecule has 0 spiro atoms. The molecular weight excluding hydrogens is 276 g/mol. The standard InChI is InChI=1S/C18H20O2Si/c1-5-13-6-8-14(9-7-13)18(19)16-11-10-15(20-2)12-17(16)21(3)4/h5-12,21H,1H2,2-4H3. The summed E-state index contributed by atoms with van der Waals surface area (Å²) in [4.78, 5) is 12.7. The van der Waals surface area contributed by atoms with Crippen LogP contribution < -0.4 is 9.92 Å². The van der Waals surface area contributed by atoms with Crippen LogP contribution in [0, 0.1) is 0 Å². The van der Waals surface area contributed by atoms with Crippen molar-refractivity contribution in [2.24, 2.45) is 0 Å². The number of ether oxygens (including phenoxy) is 1. The molecule has 0 heterocycles. The number of ketones is 1. The molecule has 2 nitrogen and oxygen atoms in total. The highest BCUT2D eigenvalue weighted by Crippen LogP contribution is 2.15. The zero-order chi connectivity index (χ0) is 15.4. The van der Waals surface area contributed by atoms with E-state index < -0.39 is 8.80 Å². The Morgan fingerprint density at radius 3 is 2.33 bits per heavy atom. The van der Waals surface area contributed by atoms with E-state index >= 15 is 0 Å². The van der Waals surface area contributed by atoms with E-state index in [9.17, 15) is 4.79 Å². The van der Waals surface area contributed by atoms with Crippen molar-refractivity contribution < 1.29 is 9.53 Å². The van der Waals surface area contributed by atoms with Crippen LogP contribution >= 0.6 is 0 Å². The zero-order valence-electron chi connectivity index (χ0n) is 12.7. The summed E-state index contributed by atoms with van der Waals surface area (Å²) in [5, 5.41) is 1.15. The molecule has 2 aromatic rings. The first kappa shape index (κ1) is 15.3. The van der Waals surface area contributed by atoms with Gasteiger partial charge < -0.3 is 4.74 Å². The fourth-order valence-electron chi connectivity index (χ4n) is 2.28. The fourth-order valence-corrected chi connectivity index (χ4v) is 3.63. The summed E-state index contributed by atoms with van der Waals surface area (Å²) in [5.74, 6) is 0.884. The van der Waals surface area contributed by atoms with Gasteiger partial charge in [-0.15, -0.1) is 0 Å². The van der Waals surface area contributed by atoms with Crippen LogP contribution in [-0.2, 0) is 0 Å². The second kappa shape index (κ2) is 6.55. The summed E-state index contributed by atoms with van der Waals surface area (Å²) < 4.78 is 5.28. The smallest absolute Gasteiger partial charge is 0.192 e. The van der Waals surface area contributed by atoms with E-state index in [1.165, 1.54) is 0 Å². The van der Waals surface area contributed by atoms with Gasteiger partial charge in [-0.3, -0.25) is 4.79 Å². The highest BCUT2D eigenvalue weighted by molar-refractivity contribution is 6.72. The van der Waals surface area contributed by atoms with Gasteiger partial charge in [-0.25, -0.2) is 0 Å². The van der Waals surface area contributed by atoms with Crippen molar-refractivity contribution in [1.82, 2.24) is 0 Å². The van der Waals surface area contributed by atoms with E-state index in [1.54, 1.807) is 13.2 Å². The quantitative estimate of drug-likeness (QED) is 0.625. The second-order valence-corrected chi connectivity index (χ2v) is 8.19. The van der Waals surface area contributed by atoms with Gasteiger partial charge in [0, 0.05) is 11.1 Å². The molecule has 0 saturated carbocycles. The first-order valence-electron chi connectivity index (χ1n) is 7.02. The third-order valence-corrected chi connectivity index (χ3v) is 5.26. The van der Waals surface area contributed by atoms with Gasteiger partial charge >= 0.3 is 0 Å². The molecule has 0 aliphatic rings. The summed E-state index contributed by atoms with van der Waals surface area (Å²) in [7, 11) is 0.527. The maximum atomic E-state index is 12.7. The molecule has 0 bridgehead atoms. The number of hydrogen-bond donors (Lipinski definition) is 0. The van der Waals surface area contributed by atoms with E-state index in [-0.39, 0.29) is 5.78 Å². The molecule has 0 atom stereocenters. The summed E-state index contributed by atoms with van der Waals surface area (Å²) in [6, 6.07) is 13.3. The van der Waals surface area contributed by atoms with E-state index in [4.69, 9.17) is 4.74 Å². The van der Waals surface area contributed by atoms with E-state index in [0.29, 0.717) is 5.56 Å². The Bertz CT molecular complexity index is 657. The lowest BCUT2D eigenvalue weighted by atomic mass is 10.0. The lowest BCUT2D eigenvalue weighted by molar-refractivity contribution is 0.103. The van der Waals surface area contributed by atoms with E-state index in [0.717, 1.165) is 22.1 Å². The highest BCUT2D eigenvalue weighted by Gasteiger charge is 2.16. The van der Waals surface area contributed by atoms with Gasteiger partial charge in [0.25, 0.3) is 0 Å². The van der Waals surface area contributed by atoms with Gasteiger partial charge in [-0.1, -0.05) is 50.0 Å². The molecule has 0 radical (unpaired) electrons. The molecule has 2 aromatic carbocycles. The molecule has 0 aliphatic heterocycles. The van der Waals surface area contributed by atoms with Crippen molar-refractivity contribution in [3.05, 3.63) is 65.7 Å². The van der Waals surface area contributed by atoms with Gasteiger partial charge in [-0.2, -0.15) is 0 Å². The van der Waals surface area contributed by atoms with Crippen molar-refractivity contribution in [2.45, 2.75) is 13.1 Å². The Hall–Kier alpha value is -2.13. The molecule has 0 N–H and O–H groups in total. The molecule has 108 valence electrons. The maximum absolute atomic E-state index is 12.7. The monoisotopic (exact) mass is 296 g/mol. The van der Waals surface area contributed by atoms with Gasteiger partial charge in [-0.05, 0) is 28.9 Å². The number of carbonyl (C=O) groups excluding carboxylic acids is 1. The Morgan fingerprint density at radius 2 is 1.81 bits per heavy atom. The van der Waals surface area contributed by atoms with E-state index in [1.807, 2.05) is 42.5 Å². The van der Waals surface area contributed by atoms with Crippen molar-refractivity contribution in [2.75, 3.05) is 7.11 Å². The third-order valence-electron chi connectivity index (χ3n) is 3.53. The topological polar surface area (TPSA) is 26.3 Å². The largest absolute Gasteiger partial charge is 0.497 e. The van der Waals surface area contributed by atoms with Crippen molar-refractivity contribution in [3.8, 4) is 5.75 Å². The molecule has 21 heavy (non-hydrogen) atoms. The average Bonchev–Trinajstić information content (AvgIpc) is 2.53. The molecule has 0 unspecified atom stereocenters. The third kappa shape index (κ3) is 3.31. The summed E-state index contributed by atoms with van der Waals surface area (Å²) in [6.45, 7) is 8.16. The number of hydrogen-bond acceptors (Lipinski definition) is 2. The van der Waals surface area contributed by atoms with Crippen LogP contribution in [-0.4, -0.2) is 21.7 Å². The molecule has 0 aliphatic carbocycles. The fraction of sp³-hybridized carbons (Fsp3) is 0.167. The summed E-state index contributed by atoms with van der Waals surface area (Å²) in [5.41, 5.74) is 2.52. The number of carbonyl (C=O) groups is 1. The van der Waals surface area contributed by atoms with Crippen LogP contribution in [0.1, 0.15) is 21.5 Å². The van der Waals surface area contributed by atoms with Crippen molar-refractivity contribution >= 4 is 25.8 Å². The number of methoxy groups -OCH3 is 1. The van der Waals surface area contributed by atoms with Crippen LogP contribution in [0.15, 0.2) is 49.0 Å². The normalized spacial score (nSPS) is 10.5. The lowest BCUT2D eigenvalue weighted by Crippen LogP contribution is -2.29. The molecule has 3 heteroatoms. The minimum atomic E-state index is -1.12. The average molecular weight is 296 g/mol. The van der Waals surface area contributed by atoms with Crippen LogP contribution in [0.25, 0.3) is 6.08 Å². The van der Waals surface area contributed by atoms with E-state index in [2.05, 4.69) is 19.7 Å². The SMILES string of the molecule is C=Cc1ccc(C(=O)c2ccc(OC)cc2[SiH](C)C)cc1. The Kier molecular flexibility index (Phi) is 4.76. The molecule has 0 aromatic heterocycles. The van der Waals surface area contributed by atoms with Crippen LogP contribution in [0.4, 0.5) is 0 Å². The lowest BCUT2D eigenvalue weighted by Gasteiger charge is -2.13. The van der Waals surface area contributed by atoms with Gasteiger partial charge in [0.15, 0.2) is 5.78 Å².